The number of urea groups is 1. The first-order valence-electron chi connectivity index (χ1n) is 6.76. The summed E-state index contributed by atoms with van der Waals surface area (Å²) in [7, 11) is 1.67. The number of rotatable bonds is 7. The van der Waals surface area contributed by atoms with E-state index < -0.39 is 0 Å². The molecule has 0 aromatic heterocycles. The average molecular weight is 296 g/mol. The molecule has 0 spiro atoms. The minimum absolute atomic E-state index is 0.0142. The van der Waals surface area contributed by atoms with Crippen molar-refractivity contribution in [3.8, 4) is 0 Å². The number of carbonyl (C=O) groups excluding carboxylic acids is 1. The molecule has 2 atom stereocenters. The van der Waals surface area contributed by atoms with Gasteiger partial charge in [0.25, 0.3) is 0 Å². The summed E-state index contributed by atoms with van der Waals surface area (Å²) in [6.45, 7) is 3.99. The molecule has 112 valence electrons. The summed E-state index contributed by atoms with van der Waals surface area (Å²) >= 11 is 1.78. The molecule has 1 aromatic rings. The van der Waals surface area contributed by atoms with Crippen molar-refractivity contribution in [2.45, 2.75) is 32.4 Å². The molecule has 4 nitrogen and oxygen atoms in total. The van der Waals surface area contributed by atoms with E-state index in [0.717, 1.165) is 23.4 Å². The highest BCUT2D eigenvalue weighted by Gasteiger charge is 2.09. The molecular weight excluding hydrogens is 272 g/mol. The SMILES string of the molecule is CO[C@H](C)c1cccc(NC(=O)N[C@H](C)CCSC)c1. The number of hydrogen-bond donors (Lipinski definition) is 2. The number of benzene rings is 1. The number of amides is 2. The molecule has 0 fully saturated rings. The van der Waals surface area contributed by atoms with Gasteiger partial charge in [0.1, 0.15) is 0 Å². The van der Waals surface area contributed by atoms with Gasteiger partial charge >= 0.3 is 6.03 Å². The molecule has 0 aliphatic carbocycles. The van der Waals surface area contributed by atoms with Crippen molar-refractivity contribution in [1.82, 2.24) is 5.32 Å². The van der Waals surface area contributed by atoms with Crippen LogP contribution in [0.1, 0.15) is 31.9 Å². The van der Waals surface area contributed by atoms with E-state index in [1.807, 2.05) is 38.1 Å². The van der Waals surface area contributed by atoms with Gasteiger partial charge in [-0.15, -0.1) is 0 Å². The maximum atomic E-state index is 11.9. The Morgan fingerprint density at radius 2 is 2.15 bits per heavy atom. The van der Waals surface area contributed by atoms with Crippen molar-refractivity contribution in [3.63, 3.8) is 0 Å². The van der Waals surface area contributed by atoms with Crippen molar-refractivity contribution in [1.29, 1.82) is 0 Å². The number of nitrogens with one attached hydrogen (secondary N) is 2. The normalized spacial score (nSPS) is 13.6. The van der Waals surface area contributed by atoms with Crippen LogP contribution in [0.2, 0.25) is 0 Å². The van der Waals surface area contributed by atoms with Gasteiger partial charge in [0, 0.05) is 18.8 Å². The lowest BCUT2D eigenvalue weighted by atomic mass is 10.1. The number of methoxy groups -OCH3 is 1. The Kier molecular flexibility index (Phi) is 7.47. The zero-order chi connectivity index (χ0) is 15.0. The zero-order valence-electron chi connectivity index (χ0n) is 12.6. The Morgan fingerprint density at radius 1 is 1.40 bits per heavy atom. The molecule has 0 bridgehead atoms. The second-order valence-electron chi connectivity index (χ2n) is 4.78. The predicted molar refractivity (Wildman–Crippen MR) is 86.5 cm³/mol. The Morgan fingerprint density at radius 3 is 2.80 bits per heavy atom. The number of anilines is 1. The third-order valence-corrected chi connectivity index (χ3v) is 3.74. The van der Waals surface area contributed by atoms with E-state index in [1.165, 1.54) is 0 Å². The monoisotopic (exact) mass is 296 g/mol. The van der Waals surface area contributed by atoms with Crippen LogP contribution in [0.3, 0.4) is 0 Å². The molecule has 1 aromatic carbocycles. The fraction of sp³-hybridized carbons (Fsp3) is 0.533. The highest BCUT2D eigenvalue weighted by molar-refractivity contribution is 7.98. The summed E-state index contributed by atoms with van der Waals surface area (Å²) in [6.07, 6.45) is 3.05. The van der Waals surface area contributed by atoms with Crippen molar-refractivity contribution in [2.24, 2.45) is 0 Å². The lowest BCUT2D eigenvalue weighted by Crippen LogP contribution is -2.36. The molecule has 0 unspecified atom stereocenters. The zero-order valence-corrected chi connectivity index (χ0v) is 13.4. The molecule has 2 N–H and O–H groups in total. The Bertz CT molecular complexity index is 426. The number of thioether (sulfide) groups is 1. The molecule has 0 radical (unpaired) electrons. The Balaban J connectivity index is 2.53. The van der Waals surface area contributed by atoms with E-state index in [0.29, 0.717) is 0 Å². The minimum Gasteiger partial charge on any atom is -0.377 e. The van der Waals surface area contributed by atoms with Gasteiger partial charge in [-0.25, -0.2) is 4.79 Å². The van der Waals surface area contributed by atoms with Gasteiger partial charge in [-0.3, -0.25) is 0 Å². The maximum absolute atomic E-state index is 11.9. The standard InChI is InChI=1S/C15H24N2O2S/c1-11(8-9-20-4)16-15(18)17-14-7-5-6-13(10-14)12(2)19-3/h5-7,10-12H,8-9H2,1-4H3,(H2,16,17,18)/t11-,12-/m1/s1. The van der Waals surface area contributed by atoms with Gasteiger partial charge < -0.3 is 15.4 Å². The first-order chi connectivity index (χ1) is 9.56. The number of hydrogen-bond acceptors (Lipinski definition) is 3. The van der Waals surface area contributed by atoms with Crippen LogP contribution < -0.4 is 10.6 Å². The second kappa shape index (κ2) is 8.87. The van der Waals surface area contributed by atoms with Crippen LogP contribution in [-0.4, -0.2) is 31.2 Å². The van der Waals surface area contributed by atoms with Crippen molar-refractivity contribution in [2.75, 3.05) is 24.4 Å². The van der Waals surface area contributed by atoms with Crippen LogP contribution >= 0.6 is 11.8 Å². The summed E-state index contributed by atoms with van der Waals surface area (Å²) < 4.78 is 5.27. The van der Waals surface area contributed by atoms with Crippen LogP contribution in [0.15, 0.2) is 24.3 Å². The summed E-state index contributed by atoms with van der Waals surface area (Å²) in [5.74, 6) is 1.04. The van der Waals surface area contributed by atoms with Gasteiger partial charge in [-0.05, 0) is 50.0 Å². The van der Waals surface area contributed by atoms with Gasteiger partial charge in [-0.2, -0.15) is 11.8 Å². The van der Waals surface area contributed by atoms with Gasteiger partial charge in [0.2, 0.25) is 0 Å². The highest BCUT2D eigenvalue weighted by Crippen LogP contribution is 2.19. The Hall–Kier alpha value is -1.20. The molecule has 0 heterocycles. The molecule has 0 aliphatic heterocycles. The highest BCUT2D eigenvalue weighted by atomic mass is 32.2. The molecule has 5 heteroatoms. The topological polar surface area (TPSA) is 50.4 Å². The van der Waals surface area contributed by atoms with Gasteiger partial charge in [-0.1, -0.05) is 12.1 Å². The third-order valence-electron chi connectivity index (χ3n) is 3.10. The maximum Gasteiger partial charge on any atom is 0.319 e. The minimum atomic E-state index is -0.166. The van der Waals surface area contributed by atoms with Crippen molar-refractivity contribution < 1.29 is 9.53 Å². The van der Waals surface area contributed by atoms with E-state index in [2.05, 4.69) is 16.9 Å². The van der Waals surface area contributed by atoms with Gasteiger partial charge in [0.15, 0.2) is 0 Å². The second-order valence-corrected chi connectivity index (χ2v) is 5.77. The molecular formula is C15H24N2O2S. The summed E-state index contributed by atoms with van der Waals surface area (Å²) in [4.78, 5) is 11.9. The first kappa shape index (κ1) is 16.9. The van der Waals surface area contributed by atoms with Crippen LogP contribution in [0.25, 0.3) is 0 Å². The molecule has 0 aliphatic rings. The first-order valence-corrected chi connectivity index (χ1v) is 8.15. The van der Waals surface area contributed by atoms with E-state index in [-0.39, 0.29) is 18.2 Å². The molecule has 0 saturated carbocycles. The summed E-state index contributed by atoms with van der Waals surface area (Å²) in [6, 6.07) is 7.71. The van der Waals surface area contributed by atoms with Crippen LogP contribution in [0, 0.1) is 0 Å². The molecule has 1 rings (SSSR count). The predicted octanol–water partition coefficient (Wildman–Crippen LogP) is 3.66. The fourth-order valence-corrected chi connectivity index (χ4v) is 2.35. The van der Waals surface area contributed by atoms with E-state index in [4.69, 9.17) is 4.74 Å². The fourth-order valence-electron chi connectivity index (χ4n) is 1.76. The van der Waals surface area contributed by atoms with E-state index in [1.54, 1.807) is 18.9 Å². The van der Waals surface area contributed by atoms with Crippen LogP contribution in [0.5, 0.6) is 0 Å². The van der Waals surface area contributed by atoms with Crippen LogP contribution in [0.4, 0.5) is 10.5 Å². The van der Waals surface area contributed by atoms with Gasteiger partial charge in [0.05, 0.1) is 6.10 Å². The lowest BCUT2D eigenvalue weighted by Gasteiger charge is -2.15. The molecule has 2 amide bonds. The van der Waals surface area contributed by atoms with Crippen molar-refractivity contribution >= 4 is 23.5 Å². The number of carbonyl (C=O) groups is 1. The smallest absolute Gasteiger partial charge is 0.319 e. The lowest BCUT2D eigenvalue weighted by molar-refractivity contribution is 0.119. The van der Waals surface area contributed by atoms with E-state index in [9.17, 15) is 4.79 Å². The largest absolute Gasteiger partial charge is 0.377 e. The van der Waals surface area contributed by atoms with E-state index >= 15 is 0 Å². The number of ether oxygens (including phenoxy) is 1. The van der Waals surface area contributed by atoms with Crippen LogP contribution in [-0.2, 0) is 4.74 Å². The third kappa shape index (κ3) is 5.84. The quantitative estimate of drug-likeness (QED) is 0.807. The average Bonchev–Trinajstić information content (AvgIpc) is 2.44. The molecule has 0 saturated heterocycles. The Labute approximate surface area is 125 Å². The summed E-state index contributed by atoms with van der Waals surface area (Å²) in [5.41, 5.74) is 1.82. The summed E-state index contributed by atoms with van der Waals surface area (Å²) in [5, 5.41) is 5.79. The molecule has 20 heavy (non-hydrogen) atoms. The van der Waals surface area contributed by atoms with Crippen molar-refractivity contribution in [3.05, 3.63) is 29.8 Å².